The van der Waals surface area contributed by atoms with E-state index in [1.165, 1.54) is 24.5 Å². The van der Waals surface area contributed by atoms with Crippen LogP contribution in [0.1, 0.15) is 27.0 Å². The minimum absolute atomic E-state index is 0.0516. The first-order valence-electron chi connectivity index (χ1n) is 4.72. The summed E-state index contributed by atoms with van der Waals surface area (Å²) in [6.45, 7) is 1.54. The lowest BCUT2D eigenvalue weighted by atomic mass is 10.2. The van der Waals surface area contributed by atoms with Crippen molar-refractivity contribution in [3.63, 3.8) is 0 Å². The first kappa shape index (κ1) is 10.7. The first-order chi connectivity index (χ1) is 7.70. The Labute approximate surface area is 96.8 Å². The van der Waals surface area contributed by atoms with Gasteiger partial charge in [-0.05, 0) is 25.1 Å². The molecular weight excluding hydrogens is 222 g/mol. The summed E-state index contributed by atoms with van der Waals surface area (Å²) in [5, 5.41) is 0. The molecule has 0 aromatic carbocycles. The number of ketones is 1. The molecule has 4 heteroatoms. The Bertz CT molecular complexity index is 545. The van der Waals surface area contributed by atoms with Crippen molar-refractivity contribution in [3.05, 3.63) is 41.0 Å². The SMILES string of the molecule is CC(=O)c1ccc(-c2cncc(C=O)c2)s1. The maximum Gasteiger partial charge on any atom is 0.169 e. The minimum atomic E-state index is 0.0516. The molecule has 0 saturated heterocycles. The van der Waals surface area contributed by atoms with Crippen LogP contribution in [0.15, 0.2) is 30.6 Å². The third-order valence-electron chi connectivity index (χ3n) is 2.13. The van der Waals surface area contributed by atoms with Crippen molar-refractivity contribution >= 4 is 23.4 Å². The Morgan fingerprint density at radius 3 is 2.81 bits per heavy atom. The quantitative estimate of drug-likeness (QED) is 0.602. The molecule has 2 rings (SSSR count). The highest BCUT2D eigenvalue weighted by Gasteiger charge is 2.06. The predicted octanol–water partition coefficient (Wildman–Crippen LogP) is 2.83. The monoisotopic (exact) mass is 231 g/mol. The Morgan fingerprint density at radius 1 is 1.38 bits per heavy atom. The van der Waals surface area contributed by atoms with Crippen LogP contribution in [0.2, 0.25) is 0 Å². The molecule has 80 valence electrons. The number of pyridine rings is 1. The molecule has 0 spiro atoms. The van der Waals surface area contributed by atoms with Crippen LogP contribution in [0.5, 0.6) is 0 Å². The normalized spacial score (nSPS) is 10.1. The molecule has 2 aromatic heterocycles. The van der Waals surface area contributed by atoms with Crippen LogP contribution >= 0.6 is 11.3 Å². The van der Waals surface area contributed by atoms with E-state index in [-0.39, 0.29) is 5.78 Å². The van der Waals surface area contributed by atoms with Crippen LogP contribution in [0.4, 0.5) is 0 Å². The van der Waals surface area contributed by atoms with Gasteiger partial charge in [-0.3, -0.25) is 14.6 Å². The average Bonchev–Trinajstić information content (AvgIpc) is 2.78. The fourth-order valence-electron chi connectivity index (χ4n) is 1.34. The van der Waals surface area contributed by atoms with Gasteiger partial charge in [0.1, 0.15) is 0 Å². The topological polar surface area (TPSA) is 47.0 Å². The molecule has 0 N–H and O–H groups in total. The number of aromatic nitrogens is 1. The van der Waals surface area contributed by atoms with E-state index >= 15 is 0 Å². The van der Waals surface area contributed by atoms with E-state index in [4.69, 9.17) is 0 Å². The standard InChI is InChI=1S/C12H9NO2S/c1-8(15)11-2-3-12(16-11)10-4-9(7-14)5-13-6-10/h2-7H,1H3. The van der Waals surface area contributed by atoms with Crippen molar-refractivity contribution in [2.75, 3.05) is 0 Å². The summed E-state index contributed by atoms with van der Waals surface area (Å²) in [4.78, 5) is 27.4. The van der Waals surface area contributed by atoms with E-state index < -0.39 is 0 Å². The maximum atomic E-state index is 11.2. The highest BCUT2D eigenvalue weighted by Crippen LogP contribution is 2.28. The van der Waals surface area contributed by atoms with Gasteiger partial charge in [-0.2, -0.15) is 0 Å². The van der Waals surface area contributed by atoms with Crippen molar-refractivity contribution in [1.82, 2.24) is 4.98 Å². The summed E-state index contributed by atoms with van der Waals surface area (Å²) in [5.74, 6) is 0.0516. The van der Waals surface area contributed by atoms with Gasteiger partial charge in [0.25, 0.3) is 0 Å². The Hall–Kier alpha value is -1.81. The number of rotatable bonds is 3. The molecule has 0 fully saturated rings. The Balaban J connectivity index is 2.42. The zero-order valence-corrected chi connectivity index (χ0v) is 9.45. The van der Waals surface area contributed by atoms with Crippen LogP contribution in [0, 0.1) is 0 Å². The second-order valence-corrected chi connectivity index (χ2v) is 4.43. The molecule has 3 nitrogen and oxygen atoms in total. The molecule has 2 heterocycles. The fraction of sp³-hybridized carbons (Fsp3) is 0.0833. The van der Waals surface area contributed by atoms with Crippen molar-refractivity contribution in [1.29, 1.82) is 0 Å². The summed E-state index contributed by atoms with van der Waals surface area (Å²) in [7, 11) is 0. The largest absolute Gasteiger partial charge is 0.298 e. The van der Waals surface area contributed by atoms with Gasteiger partial charge < -0.3 is 0 Å². The van der Waals surface area contributed by atoms with Crippen LogP contribution < -0.4 is 0 Å². The molecule has 2 aromatic rings. The highest BCUT2D eigenvalue weighted by atomic mass is 32.1. The fourth-order valence-corrected chi connectivity index (χ4v) is 2.22. The Morgan fingerprint density at radius 2 is 2.19 bits per heavy atom. The average molecular weight is 231 g/mol. The molecule has 0 saturated carbocycles. The summed E-state index contributed by atoms with van der Waals surface area (Å²) in [6, 6.07) is 5.42. The Kier molecular flexibility index (Phi) is 2.92. The van der Waals surface area contributed by atoms with Crippen molar-refractivity contribution in [2.24, 2.45) is 0 Å². The van der Waals surface area contributed by atoms with Gasteiger partial charge in [-0.15, -0.1) is 11.3 Å². The highest BCUT2D eigenvalue weighted by molar-refractivity contribution is 7.17. The molecule has 0 unspecified atom stereocenters. The molecule has 0 bridgehead atoms. The van der Waals surface area contributed by atoms with E-state index in [1.807, 2.05) is 6.07 Å². The van der Waals surface area contributed by atoms with Crippen molar-refractivity contribution in [2.45, 2.75) is 6.92 Å². The smallest absolute Gasteiger partial charge is 0.169 e. The number of carbonyl (C=O) groups excluding carboxylic acids is 2. The van der Waals surface area contributed by atoms with Gasteiger partial charge in [0.2, 0.25) is 0 Å². The number of carbonyl (C=O) groups is 2. The number of Topliss-reactive ketones (excluding diaryl/α,β-unsaturated/α-hetero) is 1. The second kappa shape index (κ2) is 4.37. The van der Waals surface area contributed by atoms with E-state index in [0.717, 1.165) is 16.7 Å². The van der Waals surface area contributed by atoms with Crippen LogP contribution in [-0.2, 0) is 0 Å². The van der Waals surface area contributed by atoms with Crippen LogP contribution in [-0.4, -0.2) is 17.1 Å². The first-order valence-corrected chi connectivity index (χ1v) is 5.54. The zero-order valence-electron chi connectivity index (χ0n) is 8.64. The molecule has 16 heavy (non-hydrogen) atoms. The zero-order chi connectivity index (χ0) is 11.5. The lowest BCUT2D eigenvalue weighted by Gasteiger charge is -1.96. The van der Waals surface area contributed by atoms with Gasteiger partial charge in [-0.1, -0.05) is 0 Å². The lowest BCUT2D eigenvalue weighted by Crippen LogP contribution is -1.84. The molecule has 0 atom stereocenters. The molecular formula is C12H9NO2S. The second-order valence-electron chi connectivity index (χ2n) is 3.34. The number of hydrogen-bond acceptors (Lipinski definition) is 4. The maximum absolute atomic E-state index is 11.2. The van der Waals surface area contributed by atoms with E-state index in [1.54, 1.807) is 18.3 Å². The third-order valence-corrected chi connectivity index (χ3v) is 3.37. The summed E-state index contributed by atoms with van der Waals surface area (Å²) >= 11 is 1.41. The third kappa shape index (κ3) is 2.06. The van der Waals surface area contributed by atoms with Crippen molar-refractivity contribution in [3.8, 4) is 10.4 Å². The van der Waals surface area contributed by atoms with E-state index in [0.29, 0.717) is 10.4 Å². The van der Waals surface area contributed by atoms with Crippen molar-refractivity contribution < 1.29 is 9.59 Å². The number of aldehydes is 1. The van der Waals surface area contributed by atoms with Gasteiger partial charge in [0.05, 0.1) is 4.88 Å². The molecule has 0 amide bonds. The van der Waals surface area contributed by atoms with Gasteiger partial charge >= 0.3 is 0 Å². The van der Waals surface area contributed by atoms with E-state index in [2.05, 4.69) is 4.98 Å². The molecule has 0 aliphatic rings. The lowest BCUT2D eigenvalue weighted by molar-refractivity contribution is 0.102. The summed E-state index contributed by atoms with van der Waals surface area (Å²) in [5.41, 5.74) is 1.40. The number of hydrogen-bond donors (Lipinski definition) is 0. The van der Waals surface area contributed by atoms with Crippen LogP contribution in [0.3, 0.4) is 0 Å². The summed E-state index contributed by atoms with van der Waals surface area (Å²) in [6.07, 6.45) is 3.95. The van der Waals surface area contributed by atoms with E-state index in [9.17, 15) is 9.59 Å². The van der Waals surface area contributed by atoms with Crippen LogP contribution in [0.25, 0.3) is 10.4 Å². The van der Waals surface area contributed by atoms with Gasteiger partial charge in [-0.25, -0.2) is 0 Å². The van der Waals surface area contributed by atoms with Gasteiger partial charge in [0, 0.05) is 28.4 Å². The predicted molar refractivity (Wildman–Crippen MR) is 62.9 cm³/mol. The number of nitrogens with zero attached hydrogens (tertiary/aromatic N) is 1. The number of thiophene rings is 1. The molecule has 0 radical (unpaired) electrons. The minimum Gasteiger partial charge on any atom is -0.298 e. The van der Waals surface area contributed by atoms with Gasteiger partial charge in [0.15, 0.2) is 12.1 Å². The summed E-state index contributed by atoms with van der Waals surface area (Å²) < 4.78 is 0. The molecule has 0 aliphatic carbocycles. The molecule has 0 aliphatic heterocycles.